The number of hydrogen-bond acceptors (Lipinski definition) is 5. The van der Waals surface area contributed by atoms with Gasteiger partial charge >= 0.3 is 0 Å². The molecule has 9 nitrogen and oxygen atoms in total. The second-order valence-electron chi connectivity index (χ2n) is 6.41. The second kappa shape index (κ2) is 7.39. The maximum Gasteiger partial charge on any atom is 0.282 e. The summed E-state index contributed by atoms with van der Waals surface area (Å²) in [6.45, 7) is 2.39. The Morgan fingerprint density at radius 2 is 2.04 bits per heavy atom. The van der Waals surface area contributed by atoms with E-state index in [1.807, 2.05) is 18.2 Å². The smallest absolute Gasteiger partial charge is 0.282 e. The van der Waals surface area contributed by atoms with Crippen LogP contribution in [0.3, 0.4) is 0 Å². The zero-order chi connectivity index (χ0) is 18.9. The van der Waals surface area contributed by atoms with Gasteiger partial charge in [-0.2, -0.15) is 17.0 Å². The van der Waals surface area contributed by atoms with E-state index >= 15 is 0 Å². The SMILES string of the molecule is O=CNc1cc(C2=CCN(S(=O)(=O)N3CCOCC3)CC2)c2cc[nH]c2n1. The van der Waals surface area contributed by atoms with Crippen LogP contribution in [0.2, 0.25) is 0 Å². The first-order valence-corrected chi connectivity index (χ1v) is 10.2. The van der Waals surface area contributed by atoms with Crippen LogP contribution >= 0.6 is 0 Å². The van der Waals surface area contributed by atoms with Gasteiger partial charge in [0.25, 0.3) is 10.2 Å². The summed E-state index contributed by atoms with van der Waals surface area (Å²) in [5, 5.41) is 3.53. The Morgan fingerprint density at radius 3 is 2.74 bits per heavy atom. The lowest BCUT2D eigenvalue weighted by atomic mass is 9.98. The molecule has 10 heteroatoms. The van der Waals surface area contributed by atoms with Crippen molar-refractivity contribution >= 4 is 39.0 Å². The first-order valence-electron chi connectivity index (χ1n) is 8.80. The number of rotatable bonds is 5. The van der Waals surface area contributed by atoms with Gasteiger partial charge < -0.3 is 15.0 Å². The van der Waals surface area contributed by atoms with Crippen molar-refractivity contribution < 1.29 is 17.9 Å². The average molecular weight is 391 g/mol. The monoisotopic (exact) mass is 391 g/mol. The molecule has 2 aromatic heterocycles. The molecule has 2 N–H and O–H groups in total. The molecule has 0 radical (unpaired) electrons. The Kier molecular flexibility index (Phi) is 4.96. The summed E-state index contributed by atoms with van der Waals surface area (Å²) >= 11 is 0. The van der Waals surface area contributed by atoms with E-state index < -0.39 is 10.2 Å². The molecule has 2 aliphatic heterocycles. The number of hydrogen-bond donors (Lipinski definition) is 2. The number of carbonyl (C=O) groups excluding carboxylic acids is 1. The third kappa shape index (κ3) is 3.48. The Morgan fingerprint density at radius 1 is 1.22 bits per heavy atom. The molecule has 0 aliphatic carbocycles. The fourth-order valence-electron chi connectivity index (χ4n) is 3.48. The molecule has 4 rings (SSSR count). The number of nitrogens with one attached hydrogen (secondary N) is 2. The highest BCUT2D eigenvalue weighted by Crippen LogP contribution is 2.31. The van der Waals surface area contributed by atoms with Crippen LogP contribution in [-0.4, -0.2) is 72.8 Å². The molecule has 1 amide bonds. The lowest BCUT2D eigenvalue weighted by Crippen LogP contribution is -2.49. The molecule has 1 fully saturated rings. The maximum atomic E-state index is 12.8. The highest BCUT2D eigenvalue weighted by Gasteiger charge is 2.32. The van der Waals surface area contributed by atoms with Gasteiger partial charge in [0.15, 0.2) is 0 Å². The molecule has 0 saturated carbocycles. The number of H-pyrrole nitrogens is 1. The Hall–Kier alpha value is -2.27. The van der Waals surface area contributed by atoms with E-state index in [0.29, 0.717) is 63.7 Å². The van der Waals surface area contributed by atoms with Gasteiger partial charge in [-0.15, -0.1) is 0 Å². The van der Waals surface area contributed by atoms with Crippen molar-refractivity contribution in [3.8, 4) is 0 Å². The van der Waals surface area contributed by atoms with E-state index in [1.54, 1.807) is 6.20 Å². The fraction of sp³-hybridized carbons (Fsp3) is 0.412. The summed E-state index contributed by atoms with van der Waals surface area (Å²) in [7, 11) is -3.47. The van der Waals surface area contributed by atoms with E-state index in [4.69, 9.17) is 4.74 Å². The van der Waals surface area contributed by atoms with Crippen molar-refractivity contribution in [1.29, 1.82) is 0 Å². The topological polar surface area (TPSA) is 108 Å². The summed E-state index contributed by atoms with van der Waals surface area (Å²) in [6, 6.07) is 3.75. The number of ether oxygens (including phenoxy) is 1. The molecule has 0 unspecified atom stereocenters. The van der Waals surface area contributed by atoms with Crippen molar-refractivity contribution in [1.82, 2.24) is 18.6 Å². The summed E-state index contributed by atoms with van der Waals surface area (Å²) in [4.78, 5) is 18.2. The van der Waals surface area contributed by atoms with Crippen molar-refractivity contribution in [3.05, 3.63) is 30.0 Å². The molecule has 2 aliphatic rings. The Bertz CT molecular complexity index is 978. The van der Waals surface area contributed by atoms with Crippen molar-refractivity contribution in [2.45, 2.75) is 6.42 Å². The standard InChI is InChI=1S/C17H21N5O4S/c23-12-19-16-11-15(14-1-4-18-17(14)20-16)13-2-5-21(6-3-13)27(24,25)22-7-9-26-10-8-22/h1-2,4,11-12H,3,5-10H2,(H2,18,19,20,23). The third-order valence-electron chi connectivity index (χ3n) is 4.88. The van der Waals surface area contributed by atoms with Crippen LogP contribution < -0.4 is 5.32 Å². The predicted octanol–water partition coefficient (Wildman–Crippen LogP) is 0.797. The third-order valence-corrected chi connectivity index (χ3v) is 6.88. The summed E-state index contributed by atoms with van der Waals surface area (Å²) in [5.41, 5.74) is 2.68. The molecule has 0 spiro atoms. The number of nitrogens with zero attached hydrogens (tertiary/aromatic N) is 3. The highest BCUT2D eigenvalue weighted by atomic mass is 32.2. The van der Waals surface area contributed by atoms with Crippen molar-refractivity contribution in [3.63, 3.8) is 0 Å². The minimum atomic E-state index is -3.47. The molecule has 0 aromatic carbocycles. The van der Waals surface area contributed by atoms with Gasteiger partial charge in [-0.3, -0.25) is 4.79 Å². The average Bonchev–Trinajstić information content (AvgIpc) is 3.17. The first-order chi connectivity index (χ1) is 13.1. The molecule has 27 heavy (non-hydrogen) atoms. The largest absolute Gasteiger partial charge is 0.379 e. The van der Waals surface area contributed by atoms with Crippen molar-refractivity contribution in [2.75, 3.05) is 44.7 Å². The molecule has 0 bridgehead atoms. The molecule has 2 aromatic rings. The van der Waals surface area contributed by atoms with Gasteiger partial charge in [-0.05, 0) is 29.7 Å². The van der Waals surface area contributed by atoms with Gasteiger partial charge in [0.1, 0.15) is 11.5 Å². The van der Waals surface area contributed by atoms with Crippen LogP contribution in [0.25, 0.3) is 16.6 Å². The number of anilines is 1. The van der Waals surface area contributed by atoms with E-state index in [9.17, 15) is 13.2 Å². The van der Waals surface area contributed by atoms with E-state index in [2.05, 4.69) is 15.3 Å². The molecular formula is C17H21N5O4S. The van der Waals surface area contributed by atoms with Crippen LogP contribution in [0.15, 0.2) is 24.4 Å². The van der Waals surface area contributed by atoms with E-state index in [1.165, 1.54) is 8.61 Å². The zero-order valence-electron chi connectivity index (χ0n) is 14.7. The molecule has 1 saturated heterocycles. The van der Waals surface area contributed by atoms with E-state index in [-0.39, 0.29) is 0 Å². The quantitative estimate of drug-likeness (QED) is 0.733. The number of pyridine rings is 1. The van der Waals surface area contributed by atoms with Crippen LogP contribution in [0.4, 0.5) is 5.82 Å². The molecular weight excluding hydrogens is 370 g/mol. The molecule has 0 atom stereocenters. The van der Waals surface area contributed by atoms with E-state index in [0.717, 1.165) is 16.5 Å². The minimum absolute atomic E-state index is 0.319. The maximum absolute atomic E-state index is 12.8. The van der Waals surface area contributed by atoms with Gasteiger partial charge in [0.2, 0.25) is 6.41 Å². The fourth-order valence-corrected chi connectivity index (χ4v) is 5.00. The summed E-state index contributed by atoms with van der Waals surface area (Å²) in [5.74, 6) is 0.458. The second-order valence-corrected chi connectivity index (χ2v) is 8.34. The van der Waals surface area contributed by atoms with Gasteiger partial charge in [0, 0.05) is 37.8 Å². The van der Waals surface area contributed by atoms with Crippen LogP contribution in [0.5, 0.6) is 0 Å². The minimum Gasteiger partial charge on any atom is -0.379 e. The highest BCUT2D eigenvalue weighted by molar-refractivity contribution is 7.86. The van der Waals surface area contributed by atoms with Crippen LogP contribution in [0.1, 0.15) is 12.0 Å². The molecule has 4 heterocycles. The Labute approximate surface area is 157 Å². The van der Waals surface area contributed by atoms with Gasteiger partial charge in [-0.25, -0.2) is 4.98 Å². The number of aromatic nitrogens is 2. The molecule has 144 valence electrons. The van der Waals surface area contributed by atoms with Crippen LogP contribution in [0, 0.1) is 0 Å². The summed E-state index contributed by atoms with van der Waals surface area (Å²) in [6.07, 6.45) is 4.92. The van der Waals surface area contributed by atoms with Crippen LogP contribution in [-0.2, 0) is 19.7 Å². The predicted molar refractivity (Wildman–Crippen MR) is 101 cm³/mol. The zero-order valence-corrected chi connectivity index (χ0v) is 15.5. The number of amides is 1. The number of carbonyl (C=O) groups is 1. The number of morpholine rings is 1. The number of fused-ring (bicyclic) bond motifs is 1. The van der Waals surface area contributed by atoms with Gasteiger partial charge in [-0.1, -0.05) is 6.08 Å². The first kappa shape index (κ1) is 18.1. The normalized spacial score (nSPS) is 19.8. The van der Waals surface area contributed by atoms with Gasteiger partial charge in [0.05, 0.1) is 13.2 Å². The summed E-state index contributed by atoms with van der Waals surface area (Å²) < 4.78 is 33.8. The lowest BCUT2D eigenvalue weighted by Gasteiger charge is -2.33. The number of aromatic amines is 1. The Balaban J connectivity index is 1.59. The van der Waals surface area contributed by atoms with Crippen molar-refractivity contribution in [2.24, 2.45) is 0 Å². The lowest BCUT2D eigenvalue weighted by molar-refractivity contribution is -0.105.